The second-order valence-corrected chi connectivity index (χ2v) is 4.72. The van der Waals surface area contributed by atoms with Gasteiger partial charge in [-0.1, -0.05) is 48.5 Å². The van der Waals surface area contributed by atoms with Crippen LogP contribution in [0.4, 0.5) is 5.69 Å². The highest BCUT2D eigenvalue weighted by atomic mass is 16.3. The zero-order valence-corrected chi connectivity index (χ0v) is 11.1. The first-order chi connectivity index (χ1) is 9.36. The quantitative estimate of drug-likeness (QED) is 0.733. The summed E-state index contributed by atoms with van der Waals surface area (Å²) < 4.78 is 0. The largest absolute Gasteiger partial charge is 0.388 e. The second kappa shape index (κ2) is 7.59. The third-order valence-corrected chi connectivity index (χ3v) is 3.19. The summed E-state index contributed by atoms with van der Waals surface area (Å²) >= 11 is 0. The van der Waals surface area contributed by atoms with Crippen molar-refractivity contribution < 1.29 is 5.11 Å². The lowest BCUT2D eigenvalue weighted by atomic mass is 10.0. The Kier molecular flexibility index (Phi) is 5.45. The van der Waals surface area contributed by atoms with Gasteiger partial charge < -0.3 is 10.4 Å². The zero-order valence-electron chi connectivity index (χ0n) is 11.1. The van der Waals surface area contributed by atoms with E-state index in [9.17, 15) is 5.11 Å². The Bertz CT molecular complexity index is 455. The van der Waals surface area contributed by atoms with Crippen molar-refractivity contribution in [1.29, 1.82) is 0 Å². The molecular weight excluding hydrogens is 234 g/mol. The van der Waals surface area contributed by atoms with Crippen LogP contribution in [0, 0.1) is 0 Å². The molecule has 100 valence electrons. The zero-order chi connectivity index (χ0) is 13.3. The molecule has 0 aliphatic rings. The number of nitrogens with one attached hydrogen (secondary N) is 1. The summed E-state index contributed by atoms with van der Waals surface area (Å²) in [5.74, 6) is 0. The van der Waals surface area contributed by atoms with Gasteiger partial charge in [-0.3, -0.25) is 0 Å². The molecule has 0 bridgehead atoms. The van der Waals surface area contributed by atoms with E-state index in [1.165, 1.54) is 0 Å². The predicted molar refractivity (Wildman–Crippen MR) is 80.2 cm³/mol. The molecule has 0 spiro atoms. The van der Waals surface area contributed by atoms with Gasteiger partial charge >= 0.3 is 0 Å². The monoisotopic (exact) mass is 255 g/mol. The molecule has 2 rings (SSSR count). The number of hydrogen-bond donors (Lipinski definition) is 2. The first-order valence-electron chi connectivity index (χ1n) is 6.88. The van der Waals surface area contributed by atoms with Crippen LogP contribution >= 0.6 is 0 Å². The summed E-state index contributed by atoms with van der Waals surface area (Å²) in [6.45, 7) is 0.950. The van der Waals surface area contributed by atoms with Gasteiger partial charge in [0.25, 0.3) is 0 Å². The van der Waals surface area contributed by atoms with E-state index in [1.54, 1.807) is 0 Å². The minimum absolute atomic E-state index is 0.335. The van der Waals surface area contributed by atoms with Crippen molar-refractivity contribution in [1.82, 2.24) is 0 Å². The third-order valence-electron chi connectivity index (χ3n) is 3.19. The molecule has 1 unspecified atom stereocenters. The van der Waals surface area contributed by atoms with E-state index in [0.717, 1.165) is 37.1 Å². The summed E-state index contributed by atoms with van der Waals surface area (Å²) in [6.07, 6.45) is 2.58. The van der Waals surface area contributed by atoms with E-state index in [0.29, 0.717) is 0 Å². The average molecular weight is 255 g/mol. The number of hydrogen-bond acceptors (Lipinski definition) is 2. The van der Waals surface area contributed by atoms with Crippen LogP contribution in [-0.4, -0.2) is 11.7 Å². The van der Waals surface area contributed by atoms with E-state index in [4.69, 9.17) is 0 Å². The SMILES string of the molecule is OC(CCCCNc1ccccc1)c1ccccc1. The number of para-hydroxylation sites is 1. The average Bonchev–Trinajstić information content (AvgIpc) is 2.49. The molecule has 0 saturated carbocycles. The van der Waals surface area contributed by atoms with Crippen LogP contribution in [-0.2, 0) is 0 Å². The van der Waals surface area contributed by atoms with Gasteiger partial charge in [0.2, 0.25) is 0 Å². The van der Waals surface area contributed by atoms with Crippen molar-refractivity contribution in [2.75, 3.05) is 11.9 Å². The van der Waals surface area contributed by atoms with Gasteiger partial charge in [-0.15, -0.1) is 0 Å². The lowest BCUT2D eigenvalue weighted by Gasteiger charge is -2.11. The molecule has 0 aliphatic heterocycles. The van der Waals surface area contributed by atoms with Crippen molar-refractivity contribution >= 4 is 5.69 Å². The smallest absolute Gasteiger partial charge is 0.0790 e. The number of benzene rings is 2. The van der Waals surface area contributed by atoms with Crippen molar-refractivity contribution in [2.24, 2.45) is 0 Å². The Morgan fingerprint density at radius 2 is 1.47 bits per heavy atom. The van der Waals surface area contributed by atoms with Gasteiger partial charge in [0.05, 0.1) is 6.10 Å². The van der Waals surface area contributed by atoms with Gasteiger partial charge in [0.1, 0.15) is 0 Å². The van der Waals surface area contributed by atoms with Crippen molar-refractivity contribution in [3.8, 4) is 0 Å². The Balaban J connectivity index is 1.62. The van der Waals surface area contributed by atoms with Crippen molar-refractivity contribution in [3.63, 3.8) is 0 Å². The number of rotatable bonds is 7. The number of anilines is 1. The van der Waals surface area contributed by atoms with Crippen LogP contribution < -0.4 is 5.32 Å². The molecule has 0 aromatic heterocycles. The lowest BCUT2D eigenvalue weighted by molar-refractivity contribution is 0.164. The minimum Gasteiger partial charge on any atom is -0.388 e. The highest BCUT2D eigenvalue weighted by Crippen LogP contribution is 2.18. The summed E-state index contributed by atoms with van der Waals surface area (Å²) in [5, 5.41) is 13.4. The molecule has 2 nitrogen and oxygen atoms in total. The van der Waals surface area contributed by atoms with Crippen LogP contribution in [0.15, 0.2) is 60.7 Å². The minimum atomic E-state index is -0.335. The molecule has 2 N–H and O–H groups in total. The fourth-order valence-electron chi connectivity index (χ4n) is 2.09. The van der Waals surface area contributed by atoms with E-state index < -0.39 is 0 Å². The Morgan fingerprint density at radius 1 is 0.842 bits per heavy atom. The maximum atomic E-state index is 10.0. The number of unbranched alkanes of at least 4 members (excludes halogenated alkanes) is 1. The van der Waals surface area contributed by atoms with E-state index in [1.807, 2.05) is 48.5 Å². The first kappa shape index (κ1) is 13.6. The summed E-state index contributed by atoms with van der Waals surface area (Å²) in [6, 6.07) is 20.1. The molecule has 19 heavy (non-hydrogen) atoms. The topological polar surface area (TPSA) is 32.3 Å². The van der Waals surface area contributed by atoms with Crippen LogP contribution in [0.3, 0.4) is 0 Å². The molecule has 0 amide bonds. The molecule has 2 heteroatoms. The van der Waals surface area contributed by atoms with Gasteiger partial charge in [-0.2, -0.15) is 0 Å². The second-order valence-electron chi connectivity index (χ2n) is 4.72. The Hall–Kier alpha value is -1.80. The molecule has 0 radical (unpaired) electrons. The predicted octanol–water partition coefficient (Wildman–Crippen LogP) is 4.00. The highest BCUT2D eigenvalue weighted by Gasteiger charge is 2.05. The van der Waals surface area contributed by atoms with Crippen molar-refractivity contribution in [2.45, 2.75) is 25.4 Å². The summed E-state index contributed by atoms with van der Waals surface area (Å²) in [5.41, 5.74) is 2.17. The van der Waals surface area contributed by atoms with Crippen LogP contribution in [0.1, 0.15) is 30.9 Å². The maximum absolute atomic E-state index is 10.0. The van der Waals surface area contributed by atoms with E-state index in [2.05, 4.69) is 17.4 Å². The van der Waals surface area contributed by atoms with Crippen LogP contribution in [0.2, 0.25) is 0 Å². The van der Waals surface area contributed by atoms with Gasteiger partial charge in [0.15, 0.2) is 0 Å². The Labute approximate surface area is 115 Å². The summed E-state index contributed by atoms with van der Waals surface area (Å²) in [4.78, 5) is 0. The molecule has 0 heterocycles. The van der Waals surface area contributed by atoms with Gasteiger partial charge in [0, 0.05) is 12.2 Å². The maximum Gasteiger partial charge on any atom is 0.0790 e. The van der Waals surface area contributed by atoms with Gasteiger partial charge in [-0.05, 0) is 37.0 Å². The molecule has 0 saturated heterocycles. The molecule has 2 aromatic carbocycles. The fourth-order valence-corrected chi connectivity index (χ4v) is 2.09. The lowest BCUT2D eigenvalue weighted by Crippen LogP contribution is -2.03. The van der Waals surface area contributed by atoms with Crippen LogP contribution in [0.5, 0.6) is 0 Å². The Morgan fingerprint density at radius 3 is 2.16 bits per heavy atom. The molecule has 0 aliphatic carbocycles. The number of aliphatic hydroxyl groups excluding tert-OH is 1. The summed E-state index contributed by atoms with van der Waals surface area (Å²) in [7, 11) is 0. The molecular formula is C17H21NO. The van der Waals surface area contributed by atoms with Crippen molar-refractivity contribution in [3.05, 3.63) is 66.2 Å². The van der Waals surface area contributed by atoms with E-state index in [-0.39, 0.29) is 6.10 Å². The molecule has 0 fully saturated rings. The normalized spacial score (nSPS) is 12.1. The standard InChI is InChI=1S/C17H21NO/c19-17(15-9-3-1-4-10-15)13-7-8-14-18-16-11-5-2-6-12-16/h1-6,9-12,17-19H,7-8,13-14H2. The first-order valence-corrected chi connectivity index (χ1v) is 6.88. The number of aliphatic hydroxyl groups is 1. The molecule has 2 aromatic rings. The van der Waals surface area contributed by atoms with E-state index >= 15 is 0 Å². The fraction of sp³-hybridized carbons (Fsp3) is 0.294. The highest BCUT2D eigenvalue weighted by molar-refractivity contribution is 5.42. The van der Waals surface area contributed by atoms with Gasteiger partial charge in [-0.25, -0.2) is 0 Å². The molecule has 1 atom stereocenters. The third kappa shape index (κ3) is 4.76. The van der Waals surface area contributed by atoms with Crippen LogP contribution in [0.25, 0.3) is 0 Å².